The van der Waals surface area contributed by atoms with E-state index in [1.54, 1.807) is 12.1 Å². The third-order valence-corrected chi connectivity index (χ3v) is 3.87. The van der Waals surface area contributed by atoms with Gasteiger partial charge in [0.2, 0.25) is 11.9 Å². The highest BCUT2D eigenvalue weighted by molar-refractivity contribution is 5.89. The van der Waals surface area contributed by atoms with Crippen LogP contribution < -0.4 is 10.6 Å². The van der Waals surface area contributed by atoms with Crippen LogP contribution in [0.4, 0.5) is 21.7 Å². The van der Waals surface area contributed by atoms with Crippen molar-refractivity contribution in [1.82, 2.24) is 14.9 Å². The number of benzene rings is 2. The normalized spacial score (nSPS) is 10.7. The van der Waals surface area contributed by atoms with Gasteiger partial charge in [0.25, 0.3) is 0 Å². The van der Waals surface area contributed by atoms with Crippen molar-refractivity contribution >= 4 is 34.1 Å². The van der Waals surface area contributed by atoms with E-state index < -0.39 is 5.82 Å². The number of halogens is 1. The van der Waals surface area contributed by atoms with E-state index >= 15 is 0 Å². The third-order valence-electron chi connectivity index (χ3n) is 3.87. The summed E-state index contributed by atoms with van der Waals surface area (Å²) >= 11 is 0. The highest BCUT2D eigenvalue weighted by Gasteiger charge is 2.09. The van der Waals surface area contributed by atoms with E-state index in [0.29, 0.717) is 28.9 Å². The first-order valence-corrected chi connectivity index (χ1v) is 8.60. The number of nitrogens with zero attached hydrogens (tertiary/aromatic N) is 3. The number of rotatable bonds is 5. The van der Waals surface area contributed by atoms with E-state index in [-0.39, 0.29) is 17.4 Å². The first-order chi connectivity index (χ1) is 13.3. The molecule has 142 valence electrons. The molecule has 1 amide bonds. The quantitative estimate of drug-likeness (QED) is 0.666. The molecule has 0 aliphatic carbocycles. The summed E-state index contributed by atoms with van der Waals surface area (Å²) in [5.74, 6) is 1.99. The number of anilines is 3. The van der Waals surface area contributed by atoms with Gasteiger partial charge in [0.05, 0.1) is 0 Å². The zero-order chi connectivity index (χ0) is 20.3. The third kappa shape index (κ3) is 4.61. The lowest BCUT2D eigenvalue weighted by atomic mass is 10.1. The van der Waals surface area contributed by atoms with E-state index in [0.717, 1.165) is 5.56 Å². The van der Waals surface area contributed by atoms with Crippen LogP contribution in [0, 0.1) is 18.2 Å². The van der Waals surface area contributed by atoms with Gasteiger partial charge in [-0.05, 0) is 50.0 Å². The van der Waals surface area contributed by atoms with Gasteiger partial charge in [0, 0.05) is 42.0 Å². The molecule has 2 aromatic carbocycles. The largest absolute Gasteiger partial charge is 0.326 e. The number of carbonyl (C=O) groups excluding carboxylic acids is 1. The molecule has 3 rings (SSSR count). The second-order valence-corrected chi connectivity index (χ2v) is 6.70. The van der Waals surface area contributed by atoms with Crippen LogP contribution in [0.1, 0.15) is 18.1 Å². The number of fused-ring (bicyclic) bond motifs is 1. The maximum Gasteiger partial charge on any atom is 0.227 e. The van der Waals surface area contributed by atoms with Crippen molar-refractivity contribution in [3.8, 4) is 12.3 Å². The molecule has 3 aromatic rings. The molecule has 28 heavy (non-hydrogen) atoms. The van der Waals surface area contributed by atoms with Gasteiger partial charge in [-0.2, -0.15) is 0 Å². The number of carbonyl (C=O) groups is 1. The highest BCUT2D eigenvalue weighted by atomic mass is 19.1. The van der Waals surface area contributed by atoms with E-state index in [9.17, 15) is 9.18 Å². The Bertz CT molecular complexity index is 1090. The predicted molar refractivity (Wildman–Crippen MR) is 109 cm³/mol. The Morgan fingerprint density at radius 3 is 2.64 bits per heavy atom. The fourth-order valence-electron chi connectivity index (χ4n) is 2.87. The lowest BCUT2D eigenvalue weighted by Crippen LogP contribution is -2.12. The van der Waals surface area contributed by atoms with Crippen LogP contribution >= 0.6 is 0 Å². The van der Waals surface area contributed by atoms with Crippen molar-refractivity contribution in [3.63, 3.8) is 0 Å². The lowest BCUT2D eigenvalue weighted by Gasteiger charge is -2.14. The number of amides is 1. The zero-order valence-electron chi connectivity index (χ0n) is 15.9. The maximum atomic E-state index is 14.3. The van der Waals surface area contributed by atoms with Gasteiger partial charge in [-0.1, -0.05) is 5.92 Å². The van der Waals surface area contributed by atoms with Crippen molar-refractivity contribution in [3.05, 3.63) is 53.5 Å². The molecule has 0 spiro atoms. The number of aromatic nitrogens is 2. The molecule has 1 aromatic heterocycles. The Kier molecular flexibility index (Phi) is 5.52. The first-order valence-electron chi connectivity index (χ1n) is 8.60. The van der Waals surface area contributed by atoms with Gasteiger partial charge in [-0.15, -0.1) is 6.42 Å². The van der Waals surface area contributed by atoms with Crippen LogP contribution in [0.15, 0.2) is 36.5 Å². The number of hydrogen-bond acceptors (Lipinski definition) is 5. The second-order valence-electron chi connectivity index (χ2n) is 6.70. The molecule has 0 unspecified atom stereocenters. The summed E-state index contributed by atoms with van der Waals surface area (Å²) < 4.78 is 14.3. The van der Waals surface area contributed by atoms with Crippen LogP contribution in [-0.2, 0) is 11.3 Å². The van der Waals surface area contributed by atoms with Crippen LogP contribution in [0.2, 0.25) is 0 Å². The summed E-state index contributed by atoms with van der Waals surface area (Å²) in [5, 5.41) is 6.39. The molecule has 7 heteroatoms. The van der Waals surface area contributed by atoms with Gasteiger partial charge < -0.3 is 15.5 Å². The molecule has 1 heterocycles. The van der Waals surface area contributed by atoms with Crippen LogP contribution in [-0.4, -0.2) is 34.9 Å². The number of nitrogens with one attached hydrogen (secondary N) is 2. The van der Waals surface area contributed by atoms with E-state index in [1.165, 1.54) is 19.2 Å². The highest BCUT2D eigenvalue weighted by Crippen LogP contribution is 2.24. The Balaban J connectivity index is 1.96. The van der Waals surface area contributed by atoms with Crippen molar-refractivity contribution in [1.29, 1.82) is 0 Å². The molecule has 0 aliphatic rings. The molecule has 0 radical (unpaired) electrons. The van der Waals surface area contributed by atoms with Gasteiger partial charge in [-0.3, -0.25) is 4.79 Å². The summed E-state index contributed by atoms with van der Waals surface area (Å²) in [7, 11) is 3.91. The van der Waals surface area contributed by atoms with Crippen molar-refractivity contribution in [2.45, 2.75) is 13.5 Å². The van der Waals surface area contributed by atoms with E-state index in [2.05, 4.69) is 26.5 Å². The minimum atomic E-state index is -0.504. The number of hydrogen-bond donors (Lipinski definition) is 2. The van der Waals surface area contributed by atoms with Crippen LogP contribution in [0.25, 0.3) is 10.9 Å². The molecule has 0 atom stereocenters. The van der Waals surface area contributed by atoms with Gasteiger partial charge >= 0.3 is 0 Å². The Hall–Kier alpha value is -3.50. The van der Waals surface area contributed by atoms with Crippen molar-refractivity contribution in [2.24, 2.45) is 0 Å². The average Bonchev–Trinajstić information content (AvgIpc) is 2.60. The topological polar surface area (TPSA) is 70.2 Å². The predicted octanol–water partition coefficient (Wildman–Crippen LogP) is 3.51. The molecule has 2 N–H and O–H groups in total. The summed E-state index contributed by atoms with van der Waals surface area (Å²) in [6.07, 6.45) is 6.86. The Morgan fingerprint density at radius 2 is 1.96 bits per heavy atom. The van der Waals surface area contributed by atoms with Crippen molar-refractivity contribution in [2.75, 3.05) is 24.7 Å². The van der Waals surface area contributed by atoms with E-state index in [1.807, 2.05) is 31.1 Å². The fourth-order valence-corrected chi connectivity index (χ4v) is 2.87. The molecular formula is C21H20FN5O. The first kappa shape index (κ1) is 19.3. The standard InChI is InChI=1S/C21H20FN5O/c1-5-14-6-16-11-23-21(26-20(16)19(22)9-14)25-18-8-15(12-27(3)4)7-17(10-18)24-13(2)28/h1,6-11H,12H2,2-4H3,(H,24,28)(H,23,25,26). The summed E-state index contributed by atoms with van der Waals surface area (Å²) in [6, 6.07) is 8.53. The molecule has 0 bridgehead atoms. The smallest absolute Gasteiger partial charge is 0.227 e. The number of terminal acetylenes is 1. The minimum absolute atomic E-state index is 0.165. The molecule has 0 fully saturated rings. The van der Waals surface area contributed by atoms with Gasteiger partial charge in [0.15, 0.2) is 5.82 Å². The molecule has 6 nitrogen and oxygen atoms in total. The van der Waals surface area contributed by atoms with Crippen LogP contribution in [0.3, 0.4) is 0 Å². The maximum absolute atomic E-state index is 14.3. The molecular weight excluding hydrogens is 357 g/mol. The summed E-state index contributed by atoms with van der Waals surface area (Å²) in [4.78, 5) is 22.0. The lowest BCUT2D eigenvalue weighted by molar-refractivity contribution is -0.114. The average molecular weight is 377 g/mol. The van der Waals surface area contributed by atoms with Crippen LogP contribution in [0.5, 0.6) is 0 Å². The molecule has 0 aliphatic heterocycles. The zero-order valence-corrected chi connectivity index (χ0v) is 15.9. The Labute approximate surface area is 162 Å². The summed E-state index contributed by atoms with van der Waals surface area (Å²) in [5.41, 5.74) is 2.95. The summed E-state index contributed by atoms with van der Waals surface area (Å²) in [6.45, 7) is 2.13. The molecule has 0 saturated heterocycles. The second kappa shape index (κ2) is 8.03. The van der Waals surface area contributed by atoms with Gasteiger partial charge in [0.1, 0.15) is 5.52 Å². The van der Waals surface area contributed by atoms with Gasteiger partial charge in [-0.25, -0.2) is 14.4 Å². The SMILES string of the molecule is C#Cc1cc(F)c2nc(Nc3cc(CN(C)C)cc(NC(C)=O)c3)ncc2c1. The van der Waals surface area contributed by atoms with E-state index in [4.69, 9.17) is 6.42 Å². The van der Waals surface area contributed by atoms with Crippen molar-refractivity contribution < 1.29 is 9.18 Å². The fraction of sp³-hybridized carbons (Fsp3) is 0.190. The minimum Gasteiger partial charge on any atom is -0.326 e. The Morgan fingerprint density at radius 1 is 1.21 bits per heavy atom. The monoisotopic (exact) mass is 377 g/mol. The molecule has 0 saturated carbocycles.